The molecule has 0 spiro atoms. The minimum absolute atomic E-state index is 0.0547. The lowest BCUT2D eigenvalue weighted by Gasteiger charge is -2.39. The lowest BCUT2D eigenvalue weighted by molar-refractivity contribution is -0.0518. The molecule has 0 saturated carbocycles. The third-order valence-electron chi connectivity index (χ3n) is 9.22. The van der Waals surface area contributed by atoms with E-state index >= 15 is 0 Å². The van der Waals surface area contributed by atoms with Crippen molar-refractivity contribution in [3.8, 4) is 11.5 Å². The van der Waals surface area contributed by atoms with E-state index in [-0.39, 0.29) is 10.8 Å². The molecule has 2 aliphatic carbocycles. The molecule has 2 unspecified atom stereocenters. The van der Waals surface area contributed by atoms with Crippen molar-refractivity contribution in [3.05, 3.63) is 58.7 Å². The van der Waals surface area contributed by atoms with Gasteiger partial charge >= 0.3 is 13.2 Å². The third kappa shape index (κ3) is 6.74. The molecule has 0 heterocycles. The Labute approximate surface area is 233 Å². The van der Waals surface area contributed by atoms with Gasteiger partial charge in [0.15, 0.2) is 0 Å². The Morgan fingerprint density at radius 1 is 0.769 bits per heavy atom. The average Bonchev–Trinajstić information content (AvgIpc) is 3.46. The predicted molar refractivity (Wildman–Crippen MR) is 152 cm³/mol. The van der Waals surface area contributed by atoms with E-state index in [1.54, 1.807) is 12.1 Å². The van der Waals surface area contributed by atoms with Crippen LogP contribution in [0, 0.1) is 17.8 Å². The summed E-state index contributed by atoms with van der Waals surface area (Å²) in [6.45, 7) is 13.8. The number of hydrogen-bond donors (Lipinski definition) is 0. The first-order valence-electron chi connectivity index (χ1n) is 14.5. The zero-order valence-electron chi connectivity index (χ0n) is 25.2. The number of halogens is 4. The van der Waals surface area contributed by atoms with Gasteiger partial charge in [0.05, 0.1) is 0 Å². The molecule has 0 saturated heterocycles. The Morgan fingerprint density at radius 3 is 1.85 bits per heavy atom. The SMILES string of the molecule is CC.CC(C)C1(C(C)C)CCc2cccc(OC(F)F)c21.CCC(C)C1(C)CCc2c(OC(F)F)cccc21. The normalized spacial score (nSPS) is 19.7. The highest BCUT2D eigenvalue weighted by molar-refractivity contribution is 5.50. The molecule has 0 amide bonds. The molecule has 2 nitrogen and oxygen atoms in total. The molecule has 0 fully saturated rings. The van der Waals surface area contributed by atoms with Crippen molar-refractivity contribution in [3.63, 3.8) is 0 Å². The van der Waals surface area contributed by atoms with Gasteiger partial charge in [0, 0.05) is 11.0 Å². The summed E-state index contributed by atoms with van der Waals surface area (Å²) in [6.07, 6.45) is 4.91. The van der Waals surface area contributed by atoms with Crippen LogP contribution < -0.4 is 9.47 Å². The van der Waals surface area contributed by atoms with Gasteiger partial charge in [-0.1, -0.05) is 93.0 Å². The van der Waals surface area contributed by atoms with E-state index in [4.69, 9.17) is 4.74 Å². The van der Waals surface area contributed by atoms with Gasteiger partial charge in [-0.05, 0) is 77.7 Å². The summed E-state index contributed by atoms with van der Waals surface area (Å²) in [5, 5.41) is 0. The van der Waals surface area contributed by atoms with Crippen LogP contribution in [0.4, 0.5) is 17.6 Å². The van der Waals surface area contributed by atoms with Gasteiger partial charge in [-0.15, -0.1) is 0 Å². The minimum atomic E-state index is -2.76. The molecule has 0 N–H and O–H groups in total. The summed E-state index contributed by atoms with van der Waals surface area (Å²) in [5.74, 6) is 2.06. The van der Waals surface area contributed by atoms with Gasteiger partial charge in [0.25, 0.3) is 0 Å². The number of benzene rings is 2. The van der Waals surface area contributed by atoms with Crippen molar-refractivity contribution in [2.75, 3.05) is 0 Å². The quantitative estimate of drug-likeness (QED) is 0.303. The van der Waals surface area contributed by atoms with E-state index in [2.05, 4.69) is 59.3 Å². The zero-order chi connectivity index (χ0) is 29.5. The molecule has 0 radical (unpaired) electrons. The van der Waals surface area contributed by atoms with Crippen LogP contribution in [0.1, 0.15) is 104 Å². The maximum atomic E-state index is 12.6. The highest BCUT2D eigenvalue weighted by Crippen LogP contribution is 2.53. The van der Waals surface area contributed by atoms with Crippen molar-refractivity contribution >= 4 is 0 Å². The molecular formula is C33H48F4O2. The predicted octanol–water partition coefficient (Wildman–Crippen LogP) is 10.3. The summed E-state index contributed by atoms with van der Waals surface area (Å²) in [4.78, 5) is 0. The van der Waals surface area contributed by atoms with Gasteiger partial charge in [0.1, 0.15) is 11.5 Å². The van der Waals surface area contributed by atoms with E-state index in [1.807, 2.05) is 32.0 Å². The smallest absolute Gasteiger partial charge is 0.387 e. The molecule has 6 heteroatoms. The number of fused-ring (bicyclic) bond motifs is 2. The van der Waals surface area contributed by atoms with E-state index in [9.17, 15) is 17.6 Å². The van der Waals surface area contributed by atoms with Gasteiger partial charge < -0.3 is 9.47 Å². The van der Waals surface area contributed by atoms with Crippen molar-refractivity contribution in [1.29, 1.82) is 0 Å². The average molecular weight is 553 g/mol. The second-order valence-electron chi connectivity index (χ2n) is 11.4. The molecule has 39 heavy (non-hydrogen) atoms. The Kier molecular flexibility index (Phi) is 11.7. The lowest BCUT2D eigenvalue weighted by atomic mass is 9.65. The first-order valence-corrected chi connectivity index (χ1v) is 14.5. The molecule has 2 atom stereocenters. The number of hydrogen-bond acceptors (Lipinski definition) is 2. The van der Waals surface area contributed by atoms with Crippen LogP contribution >= 0.6 is 0 Å². The summed E-state index contributed by atoms with van der Waals surface area (Å²) < 4.78 is 59.4. The van der Waals surface area contributed by atoms with Crippen molar-refractivity contribution in [2.45, 2.75) is 118 Å². The molecule has 220 valence electrons. The molecule has 2 aromatic rings. The van der Waals surface area contributed by atoms with Crippen LogP contribution in [0.2, 0.25) is 0 Å². The second-order valence-corrected chi connectivity index (χ2v) is 11.4. The monoisotopic (exact) mass is 552 g/mol. The van der Waals surface area contributed by atoms with Crippen molar-refractivity contribution in [1.82, 2.24) is 0 Å². The maximum absolute atomic E-state index is 12.6. The van der Waals surface area contributed by atoms with Crippen LogP contribution in [0.15, 0.2) is 36.4 Å². The number of rotatable bonds is 8. The maximum Gasteiger partial charge on any atom is 0.387 e. The van der Waals surface area contributed by atoms with Crippen LogP contribution in [-0.4, -0.2) is 13.2 Å². The van der Waals surface area contributed by atoms with E-state index < -0.39 is 13.2 Å². The molecular weight excluding hydrogens is 504 g/mol. The van der Waals surface area contributed by atoms with Crippen LogP contribution in [0.3, 0.4) is 0 Å². The number of alkyl halides is 4. The molecule has 2 aromatic carbocycles. The largest absolute Gasteiger partial charge is 0.435 e. The molecule has 0 aliphatic heterocycles. The molecule has 4 rings (SSSR count). The van der Waals surface area contributed by atoms with Gasteiger partial charge in [0.2, 0.25) is 0 Å². The summed E-state index contributed by atoms with van der Waals surface area (Å²) in [5.41, 5.74) is 4.38. The lowest BCUT2D eigenvalue weighted by Crippen LogP contribution is -2.36. The highest BCUT2D eigenvalue weighted by Gasteiger charge is 2.46. The van der Waals surface area contributed by atoms with Crippen LogP contribution in [0.25, 0.3) is 0 Å². The Hall–Kier alpha value is -2.24. The third-order valence-corrected chi connectivity index (χ3v) is 9.22. The van der Waals surface area contributed by atoms with E-state index in [0.29, 0.717) is 29.3 Å². The van der Waals surface area contributed by atoms with E-state index in [1.165, 1.54) is 11.1 Å². The van der Waals surface area contributed by atoms with Crippen molar-refractivity contribution in [2.24, 2.45) is 17.8 Å². The number of aryl methyl sites for hydroxylation is 1. The molecule has 2 aliphatic rings. The summed E-state index contributed by atoms with van der Waals surface area (Å²) in [6, 6.07) is 11.1. The Bertz CT molecular complexity index is 1040. The fourth-order valence-corrected chi connectivity index (χ4v) is 6.84. The van der Waals surface area contributed by atoms with Crippen LogP contribution in [0.5, 0.6) is 11.5 Å². The topological polar surface area (TPSA) is 18.5 Å². The minimum Gasteiger partial charge on any atom is -0.435 e. The second kappa shape index (κ2) is 13.9. The molecule has 0 aromatic heterocycles. The van der Waals surface area contributed by atoms with Gasteiger partial charge in [-0.25, -0.2) is 0 Å². The fourth-order valence-electron chi connectivity index (χ4n) is 6.84. The Morgan fingerprint density at radius 2 is 1.31 bits per heavy atom. The van der Waals surface area contributed by atoms with Gasteiger partial charge in [-0.3, -0.25) is 0 Å². The fraction of sp³-hybridized carbons (Fsp3) is 0.636. The van der Waals surface area contributed by atoms with Crippen LogP contribution in [-0.2, 0) is 23.7 Å². The van der Waals surface area contributed by atoms with Gasteiger partial charge in [-0.2, -0.15) is 17.6 Å². The Balaban J connectivity index is 0.000000258. The first kappa shape index (κ1) is 33.0. The number of ether oxygens (including phenoxy) is 2. The highest BCUT2D eigenvalue weighted by atomic mass is 19.3. The van der Waals surface area contributed by atoms with E-state index in [0.717, 1.165) is 43.2 Å². The first-order chi connectivity index (χ1) is 18.4. The zero-order valence-corrected chi connectivity index (χ0v) is 25.2. The summed E-state index contributed by atoms with van der Waals surface area (Å²) in [7, 11) is 0. The van der Waals surface area contributed by atoms with Crippen molar-refractivity contribution < 1.29 is 27.0 Å². The summed E-state index contributed by atoms with van der Waals surface area (Å²) >= 11 is 0. The molecule has 0 bridgehead atoms. The standard InChI is InChI=1S/C16H22F2O.C15H20F2O.C2H6/c1-10(2)16(11(3)4)9-8-12-6-5-7-13(14(12)16)19-15(17)18;1-4-10(2)15(3)9-8-11-12(15)6-5-7-13(11)18-14(16)17;1-2/h5-7,10-11,15H,8-9H2,1-4H3;5-7,10,14H,4,8-9H2,1-3H3;1-2H3.